The van der Waals surface area contributed by atoms with Crippen molar-refractivity contribution in [1.29, 1.82) is 0 Å². The molecule has 30 heavy (non-hydrogen) atoms. The van der Waals surface area contributed by atoms with Crippen LogP contribution in [-0.2, 0) is 9.53 Å². The van der Waals surface area contributed by atoms with Crippen molar-refractivity contribution in [2.75, 3.05) is 11.9 Å². The number of aromatic nitrogens is 4. The second kappa shape index (κ2) is 8.74. The van der Waals surface area contributed by atoms with Gasteiger partial charge in [-0.25, -0.2) is 19.4 Å². The van der Waals surface area contributed by atoms with Crippen LogP contribution < -0.4 is 5.32 Å². The molecule has 4 rings (SSSR count). The van der Waals surface area contributed by atoms with Gasteiger partial charge in [0.1, 0.15) is 22.5 Å². The topological polar surface area (TPSA) is 99.0 Å². The predicted molar refractivity (Wildman–Crippen MR) is 115 cm³/mol. The lowest BCUT2D eigenvalue weighted by Gasteiger charge is -2.11. The number of thiophene rings is 1. The smallest absolute Gasteiger partial charge is 0.350 e. The van der Waals surface area contributed by atoms with Crippen LogP contribution >= 0.6 is 34.3 Å². The molecule has 8 nitrogen and oxygen atoms in total. The number of rotatable bonds is 6. The van der Waals surface area contributed by atoms with Crippen LogP contribution in [0.4, 0.5) is 5.69 Å². The number of amides is 1. The van der Waals surface area contributed by atoms with Gasteiger partial charge in [-0.15, -0.1) is 22.7 Å². The maximum Gasteiger partial charge on any atom is 0.350 e. The number of carbonyl (C=O) groups excluding carboxylic acids is 2. The van der Waals surface area contributed by atoms with Gasteiger partial charge in [0, 0.05) is 5.02 Å². The van der Waals surface area contributed by atoms with E-state index in [-0.39, 0.29) is 0 Å². The molecule has 3 aromatic heterocycles. The number of thiazole rings is 1. The summed E-state index contributed by atoms with van der Waals surface area (Å²) >= 11 is 8.83. The third kappa shape index (κ3) is 4.40. The van der Waals surface area contributed by atoms with Gasteiger partial charge in [0.15, 0.2) is 6.61 Å². The third-order valence-corrected chi connectivity index (χ3v) is 6.36. The summed E-state index contributed by atoms with van der Waals surface area (Å²) < 4.78 is 6.68. The zero-order valence-corrected chi connectivity index (χ0v) is 17.9. The van der Waals surface area contributed by atoms with Crippen LogP contribution in [0.3, 0.4) is 0 Å². The highest BCUT2D eigenvalue weighted by Gasteiger charge is 2.19. The molecule has 0 bridgehead atoms. The highest BCUT2D eigenvalue weighted by molar-refractivity contribution is 7.22. The molecular formula is C19H14ClN5O3S2. The Kier molecular flexibility index (Phi) is 5.88. The Morgan fingerprint density at radius 2 is 2.17 bits per heavy atom. The Labute approximate surface area is 184 Å². The van der Waals surface area contributed by atoms with Gasteiger partial charge in [-0.3, -0.25) is 4.79 Å². The summed E-state index contributed by atoms with van der Waals surface area (Å²) in [5, 5.41) is 9.87. The van der Waals surface area contributed by atoms with Gasteiger partial charge in [0.2, 0.25) is 0 Å². The van der Waals surface area contributed by atoms with Gasteiger partial charge in [-0.2, -0.15) is 5.10 Å². The number of aryl methyl sites for hydroxylation is 1. The van der Waals surface area contributed by atoms with Gasteiger partial charge in [-0.1, -0.05) is 17.7 Å². The molecule has 0 radical (unpaired) electrons. The molecule has 0 spiro atoms. The Morgan fingerprint density at radius 3 is 2.90 bits per heavy atom. The SMILES string of the molecule is Cc1nc(-c2cccs2)sc1C(=O)OCC(=O)Nc1cc(Cl)ccc1-n1cncn1. The fourth-order valence-electron chi connectivity index (χ4n) is 2.62. The number of hydrogen-bond acceptors (Lipinski definition) is 8. The monoisotopic (exact) mass is 459 g/mol. The van der Waals surface area contributed by atoms with Crippen molar-refractivity contribution in [3.8, 4) is 15.6 Å². The third-order valence-electron chi connectivity index (χ3n) is 3.95. The molecule has 152 valence electrons. The van der Waals surface area contributed by atoms with E-state index < -0.39 is 18.5 Å². The van der Waals surface area contributed by atoms with Crippen molar-refractivity contribution in [3.63, 3.8) is 0 Å². The van der Waals surface area contributed by atoms with E-state index in [1.54, 1.807) is 25.1 Å². The van der Waals surface area contributed by atoms with Crippen molar-refractivity contribution in [1.82, 2.24) is 19.7 Å². The first-order valence-corrected chi connectivity index (χ1v) is 10.7. The molecule has 0 fully saturated rings. The molecule has 1 amide bonds. The van der Waals surface area contributed by atoms with Crippen LogP contribution in [0.25, 0.3) is 15.6 Å². The maximum absolute atomic E-state index is 12.4. The summed E-state index contributed by atoms with van der Waals surface area (Å²) in [6.45, 7) is 1.29. The number of halogens is 1. The number of anilines is 1. The minimum atomic E-state index is -0.592. The summed E-state index contributed by atoms with van der Waals surface area (Å²) in [6.07, 6.45) is 2.88. The number of nitrogens with one attached hydrogen (secondary N) is 1. The van der Waals surface area contributed by atoms with E-state index in [1.165, 1.54) is 40.0 Å². The minimum Gasteiger partial charge on any atom is -0.451 e. The van der Waals surface area contributed by atoms with Gasteiger partial charge >= 0.3 is 5.97 Å². The first kappa shape index (κ1) is 20.2. The zero-order valence-electron chi connectivity index (χ0n) is 15.5. The highest BCUT2D eigenvalue weighted by Crippen LogP contribution is 2.31. The van der Waals surface area contributed by atoms with E-state index in [9.17, 15) is 9.59 Å². The molecule has 0 aliphatic carbocycles. The lowest BCUT2D eigenvalue weighted by Crippen LogP contribution is -2.21. The van der Waals surface area contributed by atoms with E-state index in [1.807, 2.05) is 17.5 Å². The second-order valence-corrected chi connectivity index (χ2v) is 8.42. The van der Waals surface area contributed by atoms with Crippen LogP contribution in [0.15, 0.2) is 48.4 Å². The summed E-state index contributed by atoms with van der Waals surface area (Å²) in [5.74, 6) is -1.10. The number of ether oxygens (including phenoxy) is 1. The van der Waals surface area contributed by atoms with Crippen LogP contribution in [0, 0.1) is 6.92 Å². The molecule has 11 heteroatoms. The number of hydrogen-bond donors (Lipinski definition) is 1. The molecule has 0 unspecified atom stereocenters. The molecule has 0 saturated carbocycles. The van der Waals surface area contributed by atoms with Crippen molar-refractivity contribution in [3.05, 3.63) is 64.0 Å². The molecule has 4 aromatic rings. The number of carbonyl (C=O) groups is 2. The minimum absolute atomic E-state index is 0.372. The van der Waals surface area contributed by atoms with E-state index in [0.717, 1.165) is 9.88 Å². The maximum atomic E-state index is 12.4. The molecule has 0 aliphatic rings. The fourth-order valence-corrected chi connectivity index (χ4v) is 4.54. The van der Waals surface area contributed by atoms with Gasteiger partial charge < -0.3 is 10.1 Å². The lowest BCUT2D eigenvalue weighted by atomic mass is 10.2. The van der Waals surface area contributed by atoms with E-state index in [4.69, 9.17) is 16.3 Å². The molecule has 0 aliphatic heterocycles. The summed E-state index contributed by atoms with van der Waals surface area (Å²) in [5.41, 5.74) is 1.57. The van der Waals surface area contributed by atoms with Crippen molar-refractivity contribution >= 4 is 51.8 Å². The fraction of sp³-hybridized carbons (Fsp3) is 0.105. The largest absolute Gasteiger partial charge is 0.451 e. The Balaban J connectivity index is 1.42. The Morgan fingerprint density at radius 1 is 1.30 bits per heavy atom. The molecule has 1 aromatic carbocycles. The van der Waals surface area contributed by atoms with Crippen LogP contribution in [0.1, 0.15) is 15.4 Å². The summed E-state index contributed by atoms with van der Waals surface area (Å²) in [4.78, 5) is 34.5. The quantitative estimate of drug-likeness (QED) is 0.433. The van der Waals surface area contributed by atoms with Gasteiger partial charge in [0.05, 0.1) is 21.9 Å². The highest BCUT2D eigenvalue weighted by atomic mass is 35.5. The van der Waals surface area contributed by atoms with Crippen LogP contribution in [0.2, 0.25) is 5.02 Å². The zero-order chi connectivity index (χ0) is 21.1. The average Bonchev–Trinajstić information content (AvgIpc) is 3.47. The van der Waals surface area contributed by atoms with Crippen LogP contribution in [-0.4, -0.2) is 38.2 Å². The molecule has 1 N–H and O–H groups in total. The van der Waals surface area contributed by atoms with Crippen molar-refractivity contribution in [2.24, 2.45) is 0 Å². The van der Waals surface area contributed by atoms with Gasteiger partial charge in [0.25, 0.3) is 5.91 Å². The molecule has 3 heterocycles. The summed E-state index contributed by atoms with van der Waals surface area (Å²) in [6, 6.07) is 8.81. The molecule has 0 saturated heterocycles. The van der Waals surface area contributed by atoms with E-state index in [0.29, 0.717) is 27.0 Å². The van der Waals surface area contributed by atoms with E-state index >= 15 is 0 Å². The Hall–Kier alpha value is -3.08. The molecule has 0 atom stereocenters. The van der Waals surface area contributed by atoms with Crippen LogP contribution in [0.5, 0.6) is 0 Å². The first-order chi connectivity index (χ1) is 14.5. The average molecular weight is 460 g/mol. The number of esters is 1. The van der Waals surface area contributed by atoms with E-state index in [2.05, 4.69) is 20.4 Å². The van der Waals surface area contributed by atoms with Crippen molar-refractivity contribution < 1.29 is 14.3 Å². The lowest BCUT2D eigenvalue weighted by molar-refractivity contribution is -0.119. The normalized spacial score (nSPS) is 10.7. The Bertz CT molecular complexity index is 1190. The summed E-state index contributed by atoms with van der Waals surface area (Å²) in [7, 11) is 0. The second-order valence-electron chi connectivity index (χ2n) is 6.04. The van der Waals surface area contributed by atoms with Gasteiger partial charge in [-0.05, 0) is 36.6 Å². The number of nitrogens with zero attached hydrogens (tertiary/aromatic N) is 4. The standard InChI is InChI=1S/C19H14ClN5O3S2/c1-11-17(30-18(23-11)15-3-2-6-29-15)19(27)28-8-16(26)24-13-7-12(20)4-5-14(13)25-10-21-9-22-25/h2-7,9-10H,8H2,1H3,(H,24,26). The predicted octanol–water partition coefficient (Wildman–Crippen LogP) is 4.21. The first-order valence-electron chi connectivity index (χ1n) is 8.64. The molecular weight excluding hydrogens is 446 g/mol. The number of benzene rings is 1. The van der Waals surface area contributed by atoms with Crippen molar-refractivity contribution in [2.45, 2.75) is 6.92 Å².